The largest absolute Gasteiger partial charge is 0.309 e. The van der Waals surface area contributed by atoms with Gasteiger partial charge in [-0.1, -0.05) is 133 Å². The minimum absolute atomic E-state index is 0.650. The van der Waals surface area contributed by atoms with E-state index < -0.39 is 0 Å². The molecule has 0 aliphatic rings. The Labute approximate surface area is 282 Å². The zero-order chi connectivity index (χ0) is 32.3. The van der Waals surface area contributed by atoms with Crippen LogP contribution in [0, 0.1) is 0 Å². The predicted molar refractivity (Wildman–Crippen MR) is 203 cm³/mol. The lowest BCUT2D eigenvalue weighted by atomic mass is 10.0. The summed E-state index contributed by atoms with van der Waals surface area (Å²) in [4.78, 5) is 15.1. The monoisotopic (exact) mass is 624 g/mol. The molecule has 10 rings (SSSR count). The third-order valence-corrected chi connectivity index (χ3v) is 9.58. The molecule has 0 spiro atoms. The minimum atomic E-state index is 0.650. The van der Waals surface area contributed by atoms with E-state index in [0.29, 0.717) is 17.5 Å². The molecule has 0 bridgehead atoms. The average molecular weight is 625 g/mol. The van der Waals surface area contributed by atoms with Gasteiger partial charge in [-0.3, -0.25) is 0 Å². The first-order valence-corrected chi connectivity index (χ1v) is 16.5. The minimum Gasteiger partial charge on any atom is -0.309 e. The van der Waals surface area contributed by atoms with Crippen molar-refractivity contribution in [2.45, 2.75) is 0 Å². The second-order valence-corrected chi connectivity index (χ2v) is 12.5. The standard InChI is InChI=1S/C45H28N4/c1-2-12-30(13-3-1)43-46-44(48-45(47-43)39-19-10-16-29-11-6-7-17-37(29)39)35-22-21-34-26-36(24-23-33(34)25-35)49-41-20-9-8-18-38(41)40-27-31-14-4-5-15-32(31)28-42(40)49/h1-28H. The average Bonchev–Trinajstić information content (AvgIpc) is 3.49. The lowest BCUT2D eigenvalue weighted by Crippen LogP contribution is -2.00. The first-order chi connectivity index (χ1) is 24.3. The summed E-state index contributed by atoms with van der Waals surface area (Å²) in [6, 6.07) is 59.9. The van der Waals surface area contributed by atoms with Crippen LogP contribution in [-0.4, -0.2) is 19.5 Å². The van der Waals surface area contributed by atoms with Crippen LogP contribution in [0.1, 0.15) is 0 Å². The van der Waals surface area contributed by atoms with Gasteiger partial charge >= 0.3 is 0 Å². The highest BCUT2D eigenvalue weighted by Gasteiger charge is 2.16. The van der Waals surface area contributed by atoms with Crippen LogP contribution in [-0.2, 0) is 0 Å². The Hall–Kier alpha value is -6.65. The molecule has 8 aromatic carbocycles. The molecule has 0 aliphatic carbocycles. The predicted octanol–water partition coefficient (Wildman–Crippen LogP) is 11.4. The van der Waals surface area contributed by atoms with Crippen LogP contribution in [0.5, 0.6) is 0 Å². The van der Waals surface area contributed by atoms with Gasteiger partial charge in [0.05, 0.1) is 11.0 Å². The van der Waals surface area contributed by atoms with Gasteiger partial charge in [-0.2, -0.15) is 0 Å². The molecule has 0 radical (unpaired) electrons. The Balaban J connectivity index is 1.13. The van der Waals surface area contributed by atoms with Crippen molar-refractivity contribution >= 4 is 54.1 Å². The molecule has 2 heterocycles. The van der Waals surface area contributed by atoms with Crippen molar-refractivity contribution in [3.05, 3.63) is 170 Å². The van der Waals surface area contributed by atoms with Crippen LogP contribution < -0.4 is 0 Å². The molecule has 4 nitrogen and oxygen atoms in total. The third-order valence-electron chi connectivity index (χ3n) is 9.58. The highest BCUT2D eigenvalue weighted by Crippen LogP contribution is 2.36. The fraction of sp³-hybridized carbons (Fsp3) is 0. The normalized spacial score (nSPS) is 11.7. The third kappa shape index (κ3) is 4.57. The number of rotatable bonds is 4. The van der Waals surface area contributed by atoms with E-state index >= 15 is 0 Å². The van der Waals surface area contributed by atoms with Crippen LogP contribution in [0.25, 0.3) is 94.0 Å². The van der Waals surface area contributed by atoms with E-state index in [0.717, 1.165) is 43.9 Å². The van der Waals surface area contributed by atoms with Crippen LogP contribution in [0.3, 0.4) is 0 Å². The molecule has 0 saturated carbocycles. The lowest BCUT2D eigenvalue weighted by molar-refractivity contribution is 1.08. The summed E-state index contributed by atoms with van der Waals surface area (Å²) in [6.07, 6.45) is 0. The molecule has 0 unspecified atom stereocenters. The van der Waals surface area contributed by atoms with Crippen molar-refractivity contribution in [2.24, 2.45) is 0 Å². The Bertz CT molecular complexity index is 2880. The van der Waals surface area contributed by atoms with Crippen molar-refractivity contribution in [1.82, 2.24) is 19.5 Å². The SMILES string of the molecule is c1ccc(-c2nc(-c3ccc4cc(-n5c6ccccc6c6cc7ccccc7cc65)ccc4c3)nc(-c3cccc4ccccc34)n2)cc1. The van der Waals surface area contributed by atoms with Crippen molar-refractivity contribution < 1.29 is 0 Å². The second kappa shape index (κ2) is 11.0. The summed E-state index contributed by atoms with van der Waals surface area (Å²) in [7, 11) is 0. The maximum absolute atomic E-state index is 5.08. The van der Waals surface area contributed by atoms with E-state index in [4.69, 9.17) is 15.0 Å². The Morgan fingerprint density at radius 3 is 1.80 bits per heavy atom. The van der Waals surface area contributed by atoms with Crippen molar-refractivity contribution in [3.63, 3.8) is 0 Å². The molecule has 0 atom stereocenters. The number of fused-ring (bicyclic) bond motifs is 6. The summed E-state index contributed by atoms with van der Waals surface area (Å²) in [5.74, 6) is 1.97. The first kappa shape index (κ1) is 27.5. The van der Waals surface area contributed by atoms with E-state index in [2.05, 4.69) is 144 Å². The van der Waals surface area contributed by atoms with Gasteiger partial charge in [0.15, 0.2) is 17.5 Å². The molecule has 0 fully saturated rings. The summed E-state index contributed by atoms with van der Waals surface area (Å²) in [6.45, 7) is 0. The molecule has 49 heavy (non-hydrogen) atoms. The van der Waals surface area contributed by atoms with Crippen LogP contribution in [0.2, 0.25) is 0 Å². The number of benzene rings is 8. The van der Waals surface area contributed by atoms with Gasteiger partial charge in [0.1, 0.15) is 0 Å². The van der Waals surface area contributed by atoms with E-state index in [1.54, 1.807) is 0 Å². The van der Waals surface area contributed by atoms with Gasteiger partial charge in [-0.15, -0.1) is 0 Å². The Morgan fingerprint density at radius 2 is 0.939 bits per heavy atom. The van der Waals surface area contributed by atoms with Gasteiger partial charge < -0.3 is 4.57 Å². The zero-order valence-corrected chi connectivity index (χ0v) is 26.5. The van der Waals surface area contributed by atoms with E-state index in [-0.39, 0.29) is 0 Å². The number of nitrogens with zero attached hydrogens (tertiary/aromatic N) is 4. The molecule has 0 N–H and O–H groups in total. The van der Waals surface area contributed by atoms with E-state index in [9.17, 15) is 0 Å². The number of aromatic nitrogens is 4. The summed E-state index contributed by atoms with van der Waals surface area (Å²) < 4.78 is 2.39. The second-order valence-electron chi connectivity index (χ2n) is 12.5. The highest BCUT2D eigenvalue weighted by atomic mass is 15.0. The van der Waals surface area contributed by atoms with Gasteiger partial charge in [-0.25, -0.2) is 15.0 Å². The van der Waals surface area contributed by atoms with Gasteiger partial charge in [0.25, 0.3) is 0 Å². The highest BCUT2D eigenvalue weighted by molar-refractivity contribution is 6.13. The Morgan fingerprint density at radius 1 is 0.327 bits per heavy atom. The van der Waals surface area contributed by atoms with Gasteiger partial charge in [-0.05, 0) is 68.7 Å². The maximum Gasteiger partial charge on any atom is 0.164 e. The van der Waals surface area contributed by atoms with Gasteiger partial charge in [0.2, 0.25) is 0 Å². The van der Waals surface area contributed by atoms with E-state index in [1.165, 1.54) is 32.6 Å². The molecule has 2 aromatic heterocycles. The molecule has 0 saturated heterocycles. The zero-order valence-electron chi connectivity index (χ0n) is 26.5. The maximum atomic E-state index is 5.08. The number of para-hydroxylation sites is 1. The smallest absolute Gasteiger partial charge is 0.164 e. The van der Waals surface area contributed by atoms with Crippen molar-refractivity contribution in [1.29, 1.82) is 0 Å². The number of hydrogen-bond donors (Lipinski definition) is 0. The molecule has 0 aliphatic heterocycles. The quantitative estimate of drug-likeness (QED) is 0.196. The van der Waals surface area contributed by atoms with Crippen molar-refractivity contribution in [3.8, 4) is 39.9 Å². The van der Waals surface area contributed by atoms with Crippen LogP contribution >= 0.6 is 0 Å². The summed E-state index contributed by atoms with van der Waals surface area (Å²) in [5.41, 5.74) is 6.43. The first-order valence-electron chi connectivity index (χ1n) is 16.5. The number of hydrogen-bond acceptors (Lipinski definition) is 3. The molecular formula is C45H28N4. The van der Waals surface area contributed by atoms with Crippen molar-refractivity contribution in [2.75, 3.05) is 0 Å². The summed E-state index contributed by atoms with van der Waals surface area (Å²) in [5, 5.41) is 9.55. The summed E-state index contributed by atoms with van der Waals surface area (Å²) >= 11 is 0. The molecule has 228 valence electrons. The molecule has 0 amide bonds. The van der Waals surface area contributed by atoms with E-state index in [1.807, 2.05) is 30.3 Å². The fourth-order valence-corrected chi connectivity index (χ4v) is 7.21. The van der Waals surface area contributed by atoms with Gasteiger partial charge in [0, 0.05) is 33.2 Å². The lowest BCUT2D eigenvalue weighted by Gasteiger charge is -2.12. The topological polar surface area (TPSA) is 43.6 Å². The van der Waals surface area contributed by atoms with Crippen LogP contribution in [0.4, 0.5) is 0 Å². The molecule has 4 heteroatoms. The molecule has 10 aromatic rings. The fourth-order valence-electron chi connectivity index (χ4n) is 7.21. The Kier molecular flexibility index (Phi) is 6.15. The van der Waals surface area contributed by atoms with Crippen LogP contribution in [0.15, 0.2) is 170 Å². The molecular weight excluding hydrogens is 597 g/mol.